The summed E-state index contributed by atoms with van der Waals surface area (Å²) in [5.74, 6) is 0.752. The van der Waals surface area contributed by atoms with E-state index in [-0.39, 0.29) is 11.7 Å². The predicted molar refractivity (Wildman–Crippen MR) is 134 cm³/mol. The molecule has 0 radical (unpaired) electrons. The number of amides is 1. The quantitative estimate of drug-likeness (QED) is 0.322. The molecule has 3 heterocycles. The first-order valence-electron chi connectivity index (χ1n) is 10.8. The number of nitrogens with zero attached hydrogens (tertiary/aromatic N) is 4. The molecule has 0 spiro atoms. The Morgan fingerprint density at radius 3 is 2.58 bits per heavy atom. The van der Waals surface area contributed by atoms with Crippen molar-refractivity contribution < 1.29 is 9.21 Å². The lowest BCUT2D eigenvalue weighted by molar-refractivity contribution is -0.130. The number of rotatable bonds is 6. The largest absolute Gasteiger partial charge is 0.410 e. The second-order valence-electron chi connectivity index (χ2n) is 7.91. The summed E-state index contributed by atoms with van der Waals surface area (Å²) in [4.78, 5) is 17.8. The SMILES string of the molecule is C[C@@H](c1ccccc1)N1CCN(C(=O)CSc2nnc(-c3sc4ccccc4c3Cl)o2)CC1. The van der Waals surface area contributed by atoms with E-state index >= 15 is 0 Å². The van der Waals surface area contributed by atoms with Crippen molar-refractivity contribution in [1.29, 1.82) is 0 Å². The molecular formula is C24H23ClN4O2S2. The average Bonchev–Trinajstić information content (AvgIpc) is 3.47. The predicted octanol–water partition coefficient (Wildman–Crippen LogP) is 5.60. The van der Waals surface area contributed by atoms with E-state index in [9.17, 15) is 4.79 Å². The molecular weight excluding hydrogens is 476 g/mol. The van der Waals surface area contributed by atoms with Crippen molar-refractivity contribution >= 4 is 50.7 Å². The number of thioether (sulfide) groups is 1. The van der Waals surface area contributed by atoms with Gasteiger partial charge in [-0.3, -0.25) is 9.69 Å². The number of hydrogen-bond donors (Lipinski definition) is 0. The number of carbonyl (C=O) groups is 1. The first kappa shape index (κ1) is 22.4. The highest BCUT2D eigenvalue weighted by molar-refractivity contribution is 7.99. The Morgan fingerprint density at radius 1 is 1.09 bits per heavy atom. The van der Waals surface area contributed by atoms with Crippen LogP contribution < -0.4 is 0 Å². The van der Waals surface area contributed by atoms with E-state index < -0.39 is 0 Å². The van der Waals surface area contributed by atoms with Gasteiger partial charge in [0.05, 0.1) is 10.8 Å². The van der Waals surface area contributed by atoms with Crippen LogP contribution in [-0.4, -0.2) is 57.8 Å². The van der Waals surface area contributed by atoms with Gasteiger partial charge in [0.1, 0.15) is 4.88 Å². The zero-order chi connectivity index (χ0) is 22.8. The van der Waals surface area contributed by atoms with Gasteiger partial charge in [0, 0.05) is 42.3 Å². The Morgan fingerprint density at radius 2 is 1.82 bits per heavy atom. The van der Waals surface area contributed by atoms with Crippen LogP contribution in [0, 0.1) is 0 Å². The third-order valence-corrected chi connectivity index (χ3v) is 8.42. The van der Waals surface area contributed by atoms with Crippen LogP contribution in [0.4, 0.5) is 0 Å². The summed E-state index contributed by atoms with van der Waals surface area (Å²) in [5, 5.41) is 10.2. The Hall–Kier alpha value is -2.39. The summed E-state index contributed by atoms with van der Waals surface area (Å²) in [6, 6.07) is 18.7. The molecule has 0 N–H and O–H groups in total. The van der Waals surface area contributed by atoms with Crippen LogP contribution in [0.25, 0.3) is 20.9 Å². The summed E-state index contributed by atoms with van der Waals surface area (Å²) in [6.45, 7) is 5.40. The molecule has 4 aromatic rings. The number of piperazine rings is 1. The first-order valence-corrected chi connectivity index (χ1v) is 13.0. The van der Waals surface area contributed by atoms with Gasteiger partial charge in [-0.25, -0.2) is 0 Å². The summed E-state index contributed by atoms with van der Waals surface area (Å²) in [5.41, 5.74) is 1.30. The van der Waals surface area contributed by atoms with Crippen molar-refractivity contribution in [2.24, 2.45) is 0 Å². The second kappa shape index (κ2) is 9.85. The summed E-state index contributed by atoms with van der Waals surface area (Å²) >= 11 is 9.31. The third kappa shape index (κ3) is 4.80. The Labute approximate surface area is 205 Å². The zero-order valence-electron chi connectivity index (χ0n) is 18.1. The number of benzene rings is 2. The molecule has 1 fully saturated rings. The van der Waals surface area contributed by atoms with Crippen molar-refractivity contribution in [2.45, 2.75) is 18.2 Å². The van der Waals surface area contributed by atoms with Crippen LogP contribution >= 0.6 is 34.7 Å². The number of fused-ring (bicyclic) bond motifs is 1. The van der Waals surface area contributed by atoms with Crippen LogP contribution in [0.5, 0.6) is 0 Å². The molecule has 2 aromatic carbocycles. The molecule has 1 aliphatic rings. The van der Waals surface area contributed by atoms with Crippen LogP contribution in [-0.2, 0) is 4.79 Å². The van der Waals surface area contributed by atoms with E-state index in [2.05, 4.69) is 46.3 Å². The molecule has 1 aliphatic heterocycles. The first-order chi connectivity index (χ1) is 16.1. The topological polar surface area (TPSA) is 62.5 Å². The van der Waals surface area contributed by atoms with E-state index in [0.29, 0.717) is 22.2 Å². The van der Waals surface area contributed by atoms with Gasteiger partial charge < -0.3 is 9.32 Å². The fourth-order valence-corrected chi connectivity index (χ4v) is 6.13. The molecule has 2 aromatic heterocycles. The van der Waals surface area contributed by atoms with Crippen molar-refractivity contribution in [2.75, 3.05) is 31.9 Å². The molecule has 5 rings (SSSR count). The van der Waals surface area contributed by atoms with E-state index in [0.717, 1.165) is 41.1 Å². The molecule has 6 nitrogen and oxygen atoms in total. The minimum Gasteiger partial charge on any atom is -0.410 e. The lowest BCUT2D eigenvalue weighted by atomic mass is 10.1. The van der Waals surface area contributed by atoms with Crippen molar-refractivity contribution in [3.63, 3.8) is 0 Å². The van der Waals surface area contributed by atoms with Gasteiger partial charge in [-0.15, -0.1) is 21.5 Å². The molecule has 0 unspecified atom stereocenters. The van der Waals surface area contributed by atoms with Gasteiger partial charge in [-0.1, -0.05) is 71.9 Å². The van der Waals surface area contributed by atoms with Crippen LogP contribution in [0.2, 0.25) is 5.02 Å². The zero-order valence-corrected chi connectivity index (χ0v) is 20.5. The minimum absolute atomic E-state index is 0.0895. The maximum absolute atomic E-state index is 12.7. The molecule has 0 aliphatic carbocycles. The third-order valence-electron chi connectivity index (χ3n) is 5.95. The summed E-state index contributed by atoms with van der Waals surface area (Å²) in [7, 11) is 0. The van der Waals surface area contributed by atoms with Crippen LogP contribution in [0.1, 0.15) is 18.5 Å². The lowest BCUT2D eigenvalue weighted by Crippen LogP contribution is -2.49. The molecule has 33 heavy (non-hydrogen) atoms. The monoisotopic (exact) mass is 498 g/mol. The number of thiophene rings is 1. The molecule has 1 amide bonds. The normalized spacial score (nSPS) is 15.8. The van der Waals surface area contributed by atoms with Gasteiger partial charge in [0.15, 0.2) is 0 Å². The van der Waals surface area contributed by atoms with E-state index in [1.165, 1.54) is 28.7 Å². The minimum atomic E-state index is 0.0895. The standard InChI is InChI=1S/C24H23ClN4O2S2/c1-16(17-7-3-2-4-8-17)28-11-13-29(14-12-28)20(30)15-32-24-27-26-23(31-24)22-21(25)18-9-5-6-10-19(18)33-22/h2-10,16H,11-15H2,1H3/t16-/m0/s1. The second-order valence-corrected chi connectivity index (χ2v) is 10.3. The van der Waals surface area contributed by atoms with E-state index in [4.69, 9.17) is 16.0 Å². The van der Waals surface area contributed by atoms with E-state index in [1.807, 2.05) is 35.2 Å². The number of aromatic nitrogens is 2. The Balaban J connectivity index is 1.15. The van der Waals surface area contributed by atoms with Gasteiger partial charge in [0.25, 0.3) is 11.1 Å². The van der Waals surface area contributed by atoms with Gasteiger partial charge in [-0.2, -0.15) is 0 Å². The summed E-state index contributed by atoms with van der Waals surface area (Å²) < 4.78 is 6.87. The van der Waals surface area contributed by atoms with Crippen LogP contribution in [0.15, 0.2) is 64.2 Å². The maximum Gasteiger partial charge on any atom is 0.277 e. The molecule has 170 valence electrons. The lowest BCUT2D eigenvalue weighted by Gasteiger charge is -2.38. The molecule has 1 saturated heterocycles. The van der Waals surface area contributed by atoms with E-state index in [1.54, 1.807) is 0 Å². The Bertz CT molecular complexity index is 1250. The molecule has 0 bridgehead atoms. The van der Waals surface area contributed by atoms with Crippen molar-refractivity contribution in [3.05, 3.63) is 65.2 Å². The maximum atomic E-state index is 12.7. The summed E-state index contributed by atoms with van der Waals surface area (Å²) in [6.07, 6.45) is 0. The number of carbonyl (C=O) groups excluding carboxylic acids is 1. The number of hydrogen-bond acceptors (Lipinski definition) is 7. The number of halogens is 1. The molecule has 0 saturated carbocycles. The smallest absolute Gasteiger partial charge is 0.277 e. The van der Waals surface area contributed by atoms with Crippen molar-refractivity contribution in [1.82, 2.24) is 20.0 Å². The van der Waals surface area contributed by atoms with Gasteiger partial charge >= 0.3 is 0 Å². The highest BCUT2D eigenvalue weighted by atomic mass is 35.5. The molecule has 9 heteroatoms. The Kier molecular flexibility index (Phi) is 6.69. The fourth-order valence-electron chi connectivity index (χ4n) is 4.03. The highest BCUT2D eigenvalue weighted by Crippen LogP contribution is 2.41. The van der Waals surface area contributed by atoms with Gasteiger partial charge in [0.2, 0.25) is 5.91 Å². The van der Waals surface area contributed by atoms with Gasteiger partial charge in [-0.05, 0) is 18.6 Å². The van der Waals surface area contributed by atoms with Crippen LogP contribution in [0.3, 0.4) is 0 Å². The highest BCUT2D eigenvalue weighted by Gasteiger charge is 2.25. The molecule has 1 atom stereocenters. The average molecular weight is 499 g/mol. The fraction of sp³-hybridized carbons (Fsp3) is 0.292. The van der Waals surface area contributed by atoms with Crippen molar-refractivity contribution in [3.8, 4) is 10.8 Å².